The van der Waals surface area contributed by atoms with Gasteiger partial charge in [-0.25, -0.2) is 0 Å². The van der Waals surface area contributed by atoms with E-state index in [0.29, 0.717) is 0 Å². The Hall–Kier alpha value is -0.554. The topological polar surface area (TPSA) is 80.3 Å². The van der Waals surface area contributed by atoms with Gasteiger partial charge in [-0.2, -0.15) is 0 Å². The second kappa shape index (κ2) is 31.6. The van der Waals surface area contributed by atoms with E-state index in [1.54, 1.807) is 0 Å². The third-order valence-corrected chi connectivity index (χ3v) is 5.13. The van der Waals surface area contributed by atoms with E-state index in [4.69, 9.17) is 0 Å². The Morgan fingerprint density at radius 2 is 0.806 bits per heavy atom. The summed E-state index contributed by atoms with van der Waals surface area (Å²) in [5.74, 6) is -1.83. The molecule has 0 aliphatic rings. The van der Waals surface area contributed by atoms with E-state index in [9.17, 15) is 19.8 Å². The minimum atomic E-state index is -0.920. The van der Waals surface area contributed by atoms with Crippen molar-refractivity contribution in [2.75, 3.05) is 0 Å². The van der Waals surface area contributed by atoms with Gasteiger partial charge in [-0.3, -0.25) is 0 Å². The molecule has 5 heteroatoms. The normalized spacial score (nSPS) is 10.4. The zero-order valence-corrected chi connectivity index (χ0v) is 22.1. The van der Waals surface area contributed by atoms with Gasteiger partial charge < -0.3 is 19.8 Å². The van der Waals surface area contributed by atoms with Crippen molar-refractivity contribution in [2.45, 2.75) is 142 Å². The van der Waals surface area contributed by atoms with E-state index < -0.39 is 11.9 Å². The molecule has 0 aromatic carbocycles. The van der Waals surface area contributed by atoms with Gasteiger partial charge in [0, 0.05) is 11.9 Å². The van der Waals surface area contributed by atoms with Crippen LogP contribution in [-0.4, -0.2) is 35.0 Å². The fourth-order valence-electron chi connectivity index (χ4n) is 3.21. The molecule has 178 valence electrons. The average molecular weight is 449 g/mol. The molecular weight excluding hydrogens is 401 g/mol. The molecule has 0 N–H and O–H groups in total. The predicted octanol–water partition coefficient (Wildman–Crippen LogP) is 5.49. The van der Waals surface area contributed by atoms with Crippen molar-refractivity contribution < 1.29 is 19.8 Å². The van der Waals surface area contributed by atoms with Crippen LogP contribution in [0.3, 0.4) is 0 Å². The number of unbranched alkanes of at least 4 members (excludes halogenated alkanes) is 15. The van der Waals surface area contributed by atoms with E-state index in [1.807, 2.05) is 0 Å². The van der Waals surface area contributed by atoms with E-state index in [2.05, 4.69) is 26.0 Å². The second-order valence-electron chi connectivity index (χ2n) is 8.24. The number of carbonyl (C=O) groups is 2. The Labute approximate surface area is 208 Å². The van der Waals surface area contributed by atoms with Crippen molar-refractivity contribution in [1.29, 1.82) is 0 Å². The van der Waals surface area contributed by atoms with E-state index in [-0.39, 0.29) is 35.9 Å². The maximum Gasteiger partial charge on any atom is 2.00 e. The molecule has 0 aliphatic carbocycles. The van der Waals surface area contributed by atoms with Crippen LogP contribution < -0.4 is 10.2 Å². The van der Waals surface area contributed by atoms with Crippen molar-refractivity contribution >= 4 is 35.0 Å². The first kappa shape index (κ1) is 35.0. The number of rotatable bonds is 21. The van der Waals surface area contributed by atoms with Gasteiger partial charge >= 0.3 is 23.1 Å². The van der Waals surface area contributed by atoms with E-state index in [1.165, 1.54) is 77.0 Å². The molecule has 0 saturated heterocycles. The van der Waals surface area contributed by atoms with Crippen molar-refractivity contribution in [1.82, 2.24) is 0 Å². The number of allylic oxidation sites excluding steroid dienone is 2. The quantitative estimate of drug-likeness (QED) is 0.132. The summed E-state index contributed by atoms with van der Waals surface area (Å²) in [6.07, 6.45) is 26.5. The first-order valence-electron chi connectivity index (χ1n) is 12.6. The van der Waals surface area contributed by atoms with Crippen LogP contribution in [0.2, 0.25) is 0 Å². The van der Waals surface area contributed by atoms with Gasteiger partial charge in [-0.05, 0) is 51.4 Å². The number of carboxylic acid groups (broad SMARTS) is 2. The maximum absolute atomic E-state index is 10.2. The molecule has 4 nitrogen and oxygen atoms in total. The zero-order valence-electron chi connectivity index (χ0n) is 20.6. The molecule has 0 bridgehead atoms. The first-order chi connectivity index (χ1) is 14.5. The minimum Gasteiger partial charge on any atom is -0.550 e. The molecule has 0 heterocycles. The largest absolute Gasteiger partial charge is 2.00 e. The van der Waals surface area contributed by atoms with Gasteiger partial charge in [0.15, 0.2) is 0 Å². The Balaban J connectivity index is -0.000000604. The third kappa shape index (κ3) is 40.4. The maximum atomic E-state index is 10.2. The van der Waals surface area contributed by atoms with Crippen LogP contribution >= 0.6 is 0 Å². The monoisotopic (exact) mass is 448 g/mol. The van der Waals surface area contributed by atoms with Gasteiger partial charge in [-0.15, -0.1) is 0 Å². The Morgan fingerprint density at radius 3 is 1.13 bits per heavy atom. The molecule has 0 atom stereocenters. The van der Waals surface area contributed by atoms with Gasteiger partial charge in [-0.1, -0.05) is 103 Å². The van der Waals surface area contributed by atoms with Crippen molar-refractivity contribution in [3.8, 4) is 0 Å². The Kier molecular flexibility index (Phi) is 35.8. The number of carbonyl (C=O) groups excluding carboxylic acids is 2. The summed E-state index contributed by atoms with van der Waals surface area (Å²) in [6.45, 7) is 4.39. The van der Waals surface area contributed by atoms with Crippen LogP contribution in [0.4, 0.5) is 0 Å². The predicted molar refractivity (Wildman–Crippen MR) is 129 cm³/mol. The molecule has 0 aromatic heterocycles. The van der Waals surface area contributed by atoms with Gasteiger partial charge in [0.1, 0.15) is 0 Å². The molecule has 0 spiro atoms. The summed E-state index contributed by atoms with van der Waals surface area (Å²) in [7, 11) is 0. The zero-order chi connectivity index (χ0) is 22.7. The third-order valence-electron chi connectivity index (χ3n) is 5.13. The summed E-state index contributed by atoms with van der Waals surface area (Å²) in [4.78, 5) is 20.1. The van der Waals surface area contributed by atoms with Crippen molar-refractivity contribution in [3.63, 3.8) is 0 Å². The number of hydrogen-bond donors (Lipinski definition) is 0. The van der Waals surface area contributed by atoms with Crippen LogP contribution in [0.25, 0.3) is 0 Å². The van der Waals surface area contributed by atoms with Gasteiger partial charge in [0.05, 0.1) is 0 Å². The van der Waals surface area contributed by atoms with Gasteiger partial charge in [0.2, 0.25) is 0 Å². The number of hydrogen-bond acceptors (Lipinski definition) is 4. The van der Waals surface area contributed by atoms with Crippen LogP contribution in [0.15, 0.2) is 12.2 Å². The van der Waals surface area contributed by atoms with Crippen LogP contribution in [-0.2, 0) is 9.59 Å². The molecule has 31 heavy (non-hydrogen) atoms. The molecule has 0 rings (SSSR count). The molecule has 0 radical (unpaired) electrons. The van der Waals surface area contributed by atoms with E-state index in [0.717, 1.165) is 38.5 Å². The fourth-order valence-corrected chi connectivity index (χ4v) is 3.21. The number of carboxylic acids is 2. The second-order valence-corrected chi connectivity index (χ2v) is 8.24. The molecule has 0 aromatic rings. The smallest absolute Gasteiger partial charge is 0.550 e. The SMILES string of the molecule is CCCCCCCC(=O)[O-].CCCCCCCC/C=C\CCCCCCCC(=O)[O-].[Mg+2]. The van der Waals surface area contributed by atoms with E-state index >= 15 is 0 Å². The summed E-state index contributed by atoms with van der Waals surface area (Å²) >= 11 is 0. The summed E-state index contributed by atoms with van der Waals surface area (Å²) in [6, 6.07) is 0. The first-order valence-corrected chi connectivity index (χ1v) is 12.6. The standard InChI is InChI=1S/C18H34O2.C8H16O2.Mg/c1-2-3-4-5-6-7-8-9-10-11-12-13-14-15-16-17-18(19)20;1-2-3-4-5-6-7-8(9)10;/h9-10H,2-8,11-17H2,1H3,(H,19,20);2-7H2,1H3,(H,9,10);/q;;+2/p-2/b10-9-;;. The minimum absolute atomic E-state index is 0. The number of aliphatic carboxylic acids is 2. The van der Waals surface area contributed by atoms with Gasteiger partial charge in [0.25, 0.3) is 0 Å². The summed E-state index contributed by atoms with van der Waals surface area (Å²) in [5, 5.41) is 20.1. The molecule has 0 unspecified atom stereocenters. The molecule has 0 aliphatic heterocycles. The van der Waals surface area contributed by atoms with Crippen LogP contribution in [0.5, 0.6) is 0 Å². The Bertz CT molecular complexity index is 397. The van der Waals surface area contributed by atoms with Crippen LogP contribution in [0, 0.1) is 0 Å². The fraction of sp³-hybridized carbons (Fsp3) is 0.846. The molecule has 0 amide bonds. The van der Waals surface area contributed by atoms with Crippen molar-refractivity contribution in [3.05, 3.63) is 12.2 Å². The summed E-state index contributed by atoms with van der Waals surface area (Å²) in [5.41, 5.74) is 0. The van der Waals surface area contributed by atoms with Crippen LogP contribution in [0.1, 0.15) is 142 Å². The average Bonchev–Trinajstić information content (AvgIpc) is 2.71. The molecule has 0 saturated carbocycles. The summed E-state index contributed by atoms with van der Waals surface area (Å²) < 4.78 is 0. The molecular formula is C26H48MgO4. The molecule has 0 fully saturated rings. The Morgan fingerprint density at radius 1 is 0.516 bits per heavy atom. The van der Waals surface area contributed by atoms with Crippen molar-refractivity contribution in [2.24, 2.45) is 0 Å².